The highest BCUT2D eigenvalue weighted by Gasteiger charge is 2.45. The second-order valence-corrected chi connectivity index (χ2v) is 11.1. The summed E-state index contributed by atoms with van der Waals surface area (Å²) < 4.78 is 0.466. The zero-order chi connectivity index (χ0) is 15.7. The third-order valence-electron chi connectivity index (χ3n) is 6.03. The van der Waals surface area contributed by atoms with Crippen LogP contribution in [-0.4, -0.2) is 15.1 Å². The molecule has 1 nitrogen and oxygen atoms in total. The van der Waals surface area contributed by atoms with Crippen LogP contribution in [-0.2, 0) is 0 Å². The summed E-state index contributed by atoms with van der Waals surface area (Å²) in [6.07, 6.45) is 13.0. The Morgan fingerprint density at radius 2 is 2.05 bits per heavy atom. The number of rotatable bonds is 5. The molecule has 2 aliphatic carbocycles. The van der Waals surface area contributed by atoms with Crippen LogP contribution < -0.4 is 0 Å². The van der Waals surface area contributed by atoms with E-state index >= 15 is 0 Å². The first kappa shape index (κ1) is 17.8. The van der Waals surface area contributed by atoms with Gasteiger partial charge in [0.1, 0.15) is 0 Å². The molecular formula is C19H33IO. The highest BCUT2D eigenvalue weighted by Crippen LogP contribution is 2.55. The van der Waals surface area contributed by atoms with Gasteiger partial charge in [-0.1, -0.05) is 67.9 Å². The third-order valence-corrected chi connectivity index (χ3v) is 7.32. The fourth-order valence-electron chi connectivity index (χ4n) is 4.42. The van der Waals surface area contributed by atoms with Gasteiger partial charge in [-0.25, -0.2) is 0 Å². The summed E-state index contributed by atoms with van der Waals surface area (Å²) in [5.41, 5.74) is 2.28. The van der Waals surface area contributed by atoms with Crippen molar-refractivity contribution in [3.63, 3.8) is 0 Å². The highest BCUT2D eigenvalue weighted by atomic mass is 127. The zero-order valence-electron chi connectivity index (χ0n) is 14.3. The van der Waals surface area contributed by atoms with E-state index in [4.69, 9.17) is 0 Å². The predicted molar refractivity (Wildman–Crippen MR) is 99.9 cm³/mol. The lowest BCUT2D eigenvalue weighted by atomic mass is 9.59. The minimum absolute atomic E-state index is 0.0865. The van der Waals surface area contributed by atoms with Crippen molar-refractivity contribution in [3.05, 3.63) is 11.6 Å². The molecule has 0 heterocycles. The number of alkyl halides is 1. The molecule has 0 radical (unpaired) electrons. The summed E-state index contributed by atoms with van der Waals surface area (Å²) >= 11 is 2.72. The molecule has 1 unspecified atom stereocenters. The monoisotopic (exact) mass is 404 g/mol. The van der Waals surface area contributed by atoms with Crippen LogP contribution in [0.2, 0.25) is 0 Å². The largest absolute Gasteiger partial charge is 0.396 e. The fraction of sp³-hybridized carbons (Fsp3) is 0.895. The van der Waals surface area contributed by atoms with E-state index in [2.05, 4.69) is 56.4 Å². The molecule has 21 heavy (non-hydrogen) atoms. The molecule has 1 fully saturated rings. The molecule has 2 heteroatoms. The zero-order valence-corrected chi connectivity index (χ0v) is 16.5. The van der Waals surface area contributed by atoms with Crippen LogP contribution in [0.25, 0.3) is 0 Å². The normalized spacial score (nSPS) is 37.0. The van der Waals surface area contributed by atoms with Crippen molar-refractivity contribution in [3.8, 4) is 0 Å². The van der Waals surface area contributed by atoms with Crippen LogP contribution in [0.1, 0.15) is 79.1 Å². The maximum atomic E-state index is 9.44. The van der Waals surface area contributed by atoms with Gasteiger partial charge >= 0.3 is 0 Å². The first-order valence-electron chi connectivity index (χ1n) is 8.71. The molecule has 122 valence electrons. The lowest BCUT2D eigenvalue weighted by Gasteiger charge is -2.49. The van der Waals surface area contributed by atoms with Crippen molar-refractivity contribution in [2.75, 3.05) is 6.61 Å². The van der Waals surface area contributed by atoms with E-state index in [1.165, 1.54) is 44.9 Å². The Balaban J connectivity index is 2.05. The van der Waals surface area contributed by atoms with Gasteiger partial charge in [-0.15, -0.1) is 0 Å². The number of hydrogen-bond acceptors (Lipinski definition) is 1. The SMILES string of the molecule is CC(C)(CO)CCC[C@]1(C)CCCC2C1=CCC[C@]2(C)I. The Bertz CT molecular complexity index is 396. The van der Waals surface area contributed by atoms with Gasteiger partial charge < -0.3 is 5.11 Å². The van der Waals surface area contributed by atoms with Gasteiger partial charge in [-0.3, -0.25) is 0 Å². The first-order chi connectivity index (χ1) is 9.70. The molecule has 0 amide bonds. The minimum Gasteiger partial charge on any atom is -0.396 e. The lowest BCUT2D eigenvalue weighted by Crippen LogP contribution is -2.41. The Morgan fingerprint density at radius 1 is 1.33 bits per heavy atom. The number of allylic oxidation sites excluding steroid dienone is 2. The summed E-state index contributed by atoms with van der Waals surface area (Å²) in [6, 6.07) is 0. The van der Waals surface area contributed by atoms with Gasteiger partial charge in [0.2, 0.25) is 0 Å². The maximum absolute atomic E-state index is 9.44. The van der Waals surface area contributed by atoms with Crippen LogP contribution >= 0.6 is 22.6 Å². The molecule has 1 N–H and O–H groups in total. The van der Waals surface area contributed by atoms with Crippen molar-refractivity contribution >= 4 is 22.6 Å². The van der Waals surface area contributed by atoms with E-state index < -0.39 is 0 Å². The topological polar surface area (TPSA) is 20.2 Å². The van der Waals surface area contributed by atoms with E-state index in [0.29, 0.717) is 15.4 Å². The Hall–Kier alpha value is 0.430. The summed E-state index contributed by atoms with van der Waals surface area (Å²) in [6.45, 7) is 9.64. The second-order valence-electron chi connectivity index (χ2n) is 8.66. The van der Waals surface area contributed by atoms with Crippen LogP contribution in [0, 0.1) is 16.7 Å². The molecule has 3 atom stereocenters. The average Bonchev–Trinajstić information content (AvgIpc) is 2.39. The van der Waals surface area contributed by atoms with Gasteiger partial charge in [0.05, 0.1) is 0 Å². The molecule has 1 saturated carbocycles. The quantitative estimate of drug-likeness (QED) is 0.344. The van der Waals surface area contributed by atoms with E-state index in [0.717, 1.165) is 12.3 Å². The molecule has 0 aromatic carbocycles. The summed E-state index contributed by atoms with van der Waals surface area (Å²) in [7, 11) is 0. The molecule has 0 aliphatic heterocycles. The number of aliphatic hydroxyl groups excluding tert-OH is 1. The van der Waals surface area contributed by atoms with Gasteiger partial charge in [0.25, 0.3) is 0 Å². The second kappa shape index (κ2) is 6.51. The van der Waals surface area contributed by atoms with E-state index in [1.54, 1.807) is 5.57 Å². The maximum Gasteiger partial charge on any atom is 0.0482 e. The number of halogens is 1. The Labute approximate surface area is 145 Å². The van der Waals surface area contributed by atoms with Gasteiger partial charge in [-0.2, -0.15) is 0 Å². The van der Waals surface area contributed by atoms with Crippen LogP contribution in [0.3, 0.4) is 0 Å². The molecular weight excluding hydrogens is 371 g/mol. The molecule has 0 aromatic heterocycles. The van der Waals surface area contributed by atoms with Crippen molar-refractivity contribution in [2.24, 2.45) is 16.7 Å². The molecule has 2 rings (SSSR count). The number of hydrogen-bond donors (Lipinski definition) is 1. The summed E-state index contributed by atoms with van der Waals surface area (Å²) in [5.74, 6) is 0.802. The smallest absolute Gasteiger partial charge is 0.0482 e. The van der Waals surface area contributed by atoms with Gasteiger partial charge in [0.15, 0.2) is 0 Å². The molecule has 2 aliphatic rings. The molecule has 0 aromatic rings. The highest BCUT2D eigenvalue weighted by molar-refractivity contribution is 14.1. The Kier molecular flexibility index (Phi) is 5.51. The van der Waals surface area contributed by atoms with Crippen LogP contribution in [0.4, 0.5) is 0 Å². The standard InChI is InChI=1S/C19H33IO/c1-17(2,14-21)10-7-12-18(3)11-5-9-16-15(18)8-6-13-19(16,4)20/h8,16,21H,5-7,9-14H2,1-4H3/t16?,18-,19-/m0/s1. The summed E-state index contributed by atoms with van der Waals surface area (Å²) in [4.78, 5) is 0. The molecule has 0 spiro atoms. The van der Waals surface area contributed by atoms with Crippen LogP contribution in [0.15, 0.2) is 11.6 Å². The van der Waals surface area contributed by atoms with Crippen LogP contribution in [0.5, 0.6) is 0 Å². The number of fused-ring (bicyclic) bond motifs is 1. The van der Waals surface area contributed by atoms with E-state index in [9.17, 15) is 5.11 Å². The van der Waals surface area contributed by atoms with Gasteiger partial charge in [0, 0.05) is 10.0 Å². The fourth-order valence-corrected chi connectivity index (χ4v) is 5.38. The minimum atomic E-state index is 0.0865. The summed E-state index contributed by atoms with van der Waals surface area (Å²) in [5, 5.41) is 9.44. The number of aliphatic hydroxyl groups is 1. The van der Waals surface area contributed by atoms with Crippen molar-refractivity contribution < 1.29 is 5.11 Å². The molecule has 0 saturated heterocycles. The van der Waals surface area contributed by atoms with E-state index in [1.807, 2.05) is 0 Å². The Morgan fingerprint density at radius 3 is 2.71 bits per heavy atom. The van der Waals surface area contributed by atoms with Crippen molar-refractivity contribution in [2.45, 2.75) is 82.5 Å². The average molecular weight is 404 g/mol. The van der Waals surface area contributed by atoms with Crippen molar-refractivity contribution in [1.29, 1.82) is 0 Å². The van der Waals surface area contributed by atoms with Crippen molar-refractivity contribution in [1.82, 2.24) is 0 Å². The molecule has 0 bridgehead atoms. The van der Waals surface area contributed by atoms with Gasteiger partial charge in [-0.05, 0) is 62.2 Å². The third kappa shape index (κ3) is 4.04. The predicted octanol–water partition coefficient (Wildman–Crippen LogP) is 5.90. The first-order valence-corrected chi connectivity index (χ1v) is 9.78. The lowest BCUT2D eigenvalue weighted by molar-refractivity contribution is 0.136. The van der Waals surface area contributed by atoms with E-state index in [-0.39, 0.29) is 5.41 Å².